The maximum absolute atomic E-state index is 4.46. The molecule has 0 radical (unpaired) electrons. The van der Waals surface area contributed by atoms with E-state index in [1.165, 1.54) is 50.0 Å². The molecule has 138 valence electrons. The molecule has 0 saturated carbocycles. The lowest BCUT2D eigenvalue weighted by Crippen LogP contribution is -2.41. The topological polar surface area (TPSA) is 57.5 Å². The Bertz CT molecular complexity index is 517. The van der Waals surface area contributed by atoms with Crippen molar-refractivity contribution in [2.75, 3.05) is 33.2 Å². The zero-order valence-corrected chi connectivity index (χ0v) is 17.9. The van der Waals surface area contributed by atoms with Gasteiger partial charge in [-0.05, 0) is 39.8 Å². The lowest BCUT2D eigenvalue weighted by molar-refractivity contribution is 0.289. The van der Waals surface area contributed by atoms with E-state index in [4.69, 9.17) is 0 Å². The summed E-state index contributed by atoms with van der Waals surface area (Å²) >= 11 is 0. The third-order valence-electron chi connectivity index (χ3n) is 4.73. The first kappa shape index (κ1) is 21.2. The van der Waals surface area contributed by atoms with Gasteiger partial charge in [0.2, 0.25) is 0 Å². The van der Waals surface area contributed by atoms with Crippen LogP contribution in [0.2, 0.25) is 0 Å². The number of aryl methyl sites for hydroxylation is 2. The summed E-state index contributed by atoms with van der Waals surface area (Å²) in [6, 6.07) is 0. The van der Waals surface area contributed by atoms with Gasteiger partial charge in [0, 0.05) is 45.0 Å². The van der Waals surface area contributed by atoms with Gasteiger partial charge in [-0.3, -0.25) is 9.67 Å². The van der Waals surface area contributed by atoms with E-state index >= 15 is 0 Å². The van der Waals surface area contributed by atoms with Crippen LogP contribution in [0.15, 0.2) is 4.99 Å². The van der Waals surface area contributed by atoms with Crippen molar-refractivity contribution in [3.8, 4) is 0 Å². The molecular weight excluding hydrogens is 415 g/mol. The Balaban J connectivity index is 0.00000288. The van der Waals surface area contributed by atoms with Crippen molar-refractivity contribution in [2.24, 2.45) is 12.0 Å². The van der Waals surface area contributed by atoms with Crippen LogP contribution in [0.25, 0.3) is 0 Å². The predicted octanol–water partition coefficient (Wildman–Crippen LogP) is 2.20. The number of likely N-dealkylation sites (tertiary alicyclic amines) is 1. The quantitative estimate of drug-likeness (QED) is 0.412. The molecule has 1 fully saturated rings. The molecule has 0 amide bonds. The molecule has 1 aromatic heterocycles. The predicted molar refractivity (Wildman–Crippen MR) is 111 cm³/mol. The highest BCUT2D eigenvalue weighted by Gasteiger charge is 2.11. The molecule has 2 N–H and O–H groups in total. The highest BCUT2D eigenvalue weighted by molar-refractivity contribution is 14.0. The Morgan fingerprint density at radius 1 is 1.12 bits per heavy atom. The molecule has 2 heterocycles. The van der Waals surface area contributed by atoms with Gasteiger partial charge in [0.1, 0.15) is 0 Å². The zero-order valence-electron chi connectivity index (χ0n) is 15.6. The molecule has 0 aromatic carbocycles. The fraction of sp³-hybridized carbons (Fsp3) is 0.765. The summed E-state index contributed by atoms with van der Waals surface area (Å²) in [7, 11) is 3.81. The lowest BCUT2D eigenvalue weighted by atomic mass is 10.2. The number of hydrogen-bond acceptors (Lipinski definition) is 3. The van der Waals surface area contributed by atoms with E-state index in [9.17, 15) is 0 Å². The summed E-state index contributed by atoms with van der Waals surface area (Å²) in [5.41, 5.74) is 3.54. The maximum Gasteiger partial charge on any atom is 0.191 e. The van der Waals surface area contributed by atoms with Crippen LogP contribution in [0, 0.1) is 13.8 Å². The molecule has 0 atom stereocenters. The average molecular weight is 448 g/mol. The summed E-state index contributed by atoms with van der Waals surface area (Å²) in [4.78, 5) is 6.88. The first-order valence-electron chi connectivity index (χ1n) is 8.77. The number of aromatic nitrogens is 2. The lowest BCUT2D eigenvalue weighted by Gasteiger charge is -2.20. The van der Waals surface area contributed by atoms with Gasteiger partial charge in [0.25, 0.3) is 0 Å². The Morgan fingerprint density at radius 2 is 1.79 bits per heavy atom. The highest BCUT2D eigenvalue weighted by atomic mass is 127. The van der Waals surface area contributed by atoms with E-state index in [-0.39, 0.29) is 24.0 Å². The first-order valence-corrected chi connectivity index (χ1v) is 8.77. The third kappa shape index (κ3) is 6.23. The largest absolute Gasteiger partial charge is 0.355 e. The van der Waals surface area contributed by atoms with Gasteiger partial charge in [0.05, 0.1) is 5.69 Å². The summed E-state index contributed by atoms with van der Waals surface area (Å²) in [5, 5.41) is 11.3. The molecule has 0 unspecified atom stereocenters. The number of halogens is 1. The molecule has 0 aliphatic carbocycles. The van der Waals surface area contributed by atoms with Crippen LogP contribution in [-0.4, -0.2) is 53.9 Å². The molecule has 24 heavy (non-hydrogen) atoms. The van der Waals surface area contributed by atoms with Crippen molar-refractivity contribution in [2.45, 2.75) is 46.1 Å². The van der Waals surface area contributed by atoms with E-state index in [1.54, 1.807) is 0 Å². The van der Waals surface area contributed by atoms with Crippen LogP contribution in [-0.2, 0) is 13.6 Å². The van der Waals surface area contributed by atoms with Crippen molar-refractivity contribution in [3.05, 3.63) is 17.0 Å². The van der Waals surface area contributed by atoms with E-state index in [2.05, 4.69) is 39.5 Å². The van der Waals surface area contributed by atoms with E-state index < -0.39 is 0 Å². The zero-order chi connectivity index (χ0) is 16.7. The minimum atomic E-state index is 0. The minimum absolute atomic E-state index is 0. The number of aliphatic imine (C=N–C) groups is 1. The molecule has 6 nitrogen and oxygen atoms in total. The van der Waals surface area contributed by atoms with Crippen molar-refractivity contribution in [1.82, 2.24) is 25.3 Å². The van der Waals surface area contributed by atoms with Gasteiger partial charge < -0.3 is 15.5 Å². The first-order chi connectivity index (χ1) is 11.1. The van der Waals surface area contributed by atoms with E-state index in [0.717, 1.165) is 31.3 Å². The molecule has 2 rings (SSSR count). The molecule has 1 aliphatic heterocycles. The molecular formula is C17H33IN6. The molecule has 1 aromatic rings. The second-order valence-corrected chi connectivity index (χ2v) is 6.38. The van der Waals surface area contributed by atoms with Crippen molar-refractivity contribution in [3.63, 3.8) is 0 Å². The molecule has 1 aliphatic rings. The monoisotopic (exact) mass is 448 g/mol. The summed E-state index contributed by atoms with van der Waals surface area (Å²) in [5.74, 6) is 0.863. The van der Waals surface area contributed by atoms with Crippen LogP contribution in [0.3, 0.4) is 0 Å². The summed E-state index contributed by atoms with van der Waals surface area (Å²) in [6.45, 7) is 9.42. The Hall–Kier alpha value is -0.830. The normalized spacial score (nSPS) is 16.4. The van der Waals surface area contributed by atoms with Crippen molar-refractivity contribution in [1.29, 1.82) is 0 Å². The van der Waals surface area contributed by atoms with Crippen LogP contribution >= 0.6 is 24.0 Å². The molecule has 1 saturated heterocycles. The highest BCUT2D eigenvalue weighted by Crippen LogP contribution is 2.11. The number of hydrogen-bond donors (Lipinski definition) is 2. The van der Waals surface area contributed by atoms with Gasteiger partial charge in [0.15, 0.2) is 5.96 Å². The van der Waals surface area contributed by atoms with Crippen molar-refractivity contribution < 1.29 is 0 Å². The van der Waals surface area contributed by atoms with Crippen LogP contribution in [0.1, 0.15) is 42.6 Å². The second-order valence-electron chi connectivity index (χ2n) is 6.38. The number of guanidine groups is 1. The Labute approximate surface area is 163 Å². The Morgan fingerprint density at radius 3 is 2.33 bits per heavy atom. The van der Waals surface area contributed by atoms with Crippen LogP contribution in [0.5, 0.6) is 0 Å². The standard InChI is InChI=1S/C17H32N6.HI/c1-14-16(15(2)22(4)21-14)13-20-17(18-3)19-9-12-23-10-7-5-6-8-11-23;/h5-13H2,1-4H3,(H2,18,19,20);1H. The molecule has 7 heteroatoms. The fourth-order valence-corrected chi connectivity index (χ4v) is 3.16. The van der Waals surface area contributed by atoms with Gasteiger partial charge in [-0.25, -0.2) is 0 Å². The number of nitrogens with one attached hydrogen (secondary N) is 2. The average Bonchev–Trinajstić information content (AvgIpc) is 2.75. The third-order valence-corrected chi connectivity index (χ3v) is 4.73. The van der Waals surface area contributed by atoms with Gasteiger partial charge in [-0.1, -0.05) is 12.8 Å². The van der Waals surface area contributed by atoms with Crippen LogP contribution in [0.4, 0.5) is 0 Å². The minimum Gasteiger partial charge on any atom is -0.355 e. The van der Waals surface area contributed by atoms with E-state index in [1.807, 2.05) is 18.8 Å². The number of rotatable bonds is 5. The second kappa shape index (κ2) is 10.9. The van der Waals surface area contributed by atoms with Crippen LogP contribution < -0.4 is 10.6 Å². The molecule has 0 spiro atoms. The summed E-state index contributed by atoms with van der Waals surface area (Å²) < 4.78 is 1.93. The van der Waals surface area contributed by atoms with Crippen molar-refractivity contribution >= 4 is 29.9 Å². The fourth-order valence-electron chi connectivity index (χ4n) is 3.16. The van der Waals surface area contributed by atoms with E-state index in [0.29, 0.717) is 0 Å². The van der Waals surface area contributed by atoms with Gasteiger partial charge >= 0.3 is 0 Å². The number of nitrogens with zero attached hydrogens (tertiary/aromatic N) is 4. The maximum atomic E-state index is 4.46. The van der Waals surface area contributed by atoms with Gasteiger partial charge in [-0.15, -0.1) is 24.0 Å². The smallest absolute Gasteiger partial charge is 0.191 e. The molecule has 0 bridgehead atoms. The SMILES string of the molecule is CN=C(NCCN1CCCCCC1)NCc1c(C)nn(C)c1C.I. The van der Waals surface area contributed by atoms with Gasteiger partial charge in [-0.2, -0.15) is 5.10 Å². The Kier molecular flexibility index (Phi) is 9.65. The summed E-state index contributed by atoms with van der Waals surface area (Å²) in [6.07, 6.45) is 5.45.